The molecule has 1 N–H and O–H groups in total. The lowest BCUT2D eigenvalue weighted by Gasteiger charge is -2.14. The van der Waals surface area contributed by atoms with Gasteiger partial charge in [0, 0.05) is 29.9 Å². The summed E-state index contributed by atoms with van der Waals surface area (Å²) in [6.45, 7) is 0.209. The molecule has 0 saturated carbocycles. The number of hydrogen-bond donors (Lipinski definition) is 1. The molecule has 0 atom stereocenters. The molecular formula is C14H11BrF3N3. The second-order valence-electron chi connectivity index (χ2n) is 4.50. The van der Waals surface area contributed by atoms with Gasteiger partial charge >= 0.3 is 6.18 Å². The number of hydrogen-bond acceptors (Lipinski definition) is 2. The lowest BCUT2D eigenvalue weighted by molar-refractivity contribution is -0.137. The predicted octanol–water partition coefficient (Wildman–Crippen LogP) is 4.29. The van der Waals surface area contributed by atoms with E-state index in [1.54, 1.807) is 29.9 Å². The number of anilines is 1. The van der Waals surface area contributed by atoms with Crippen LogP contribution in [0.2, 0.25) is 0 Å². The third-order valence-corrected chi connectivity index (χ3v) is 3.44. The molecule has 0 amide bonds. The van der Waals surface area contributed by atoms with E-state index < -0.39 is 11.7 Å². The first kappa shape index (κ1) is 15.4. The van der Waals surface area contributed by atoms with E-state index in [0.29, 0.717) is 10.2 Å². The summed E-state index contributed by atoms with van der Waals surface area (Å²) < 4.78 is 40.9. The molecule has 21 heavy (non-hydrogen) atoms. The summed E-state index contributed by atoms with van der Waals surface area (Å²) >= 11 is 3.04. The normalized spacial score (nSPS) is 11.2. The number of nitrogens with zero attached hydrogens (tertiary/aromatic N) is 2. The van der Waals surface area contributed by atoms with Crippen molar-refractivity contribution in [2.45, 2.75) is 12.7 Å². The maximum Gasteiger partial charge on any atom is 0.418 e. The summed E-state index contributed by atoms with van der Waals surface area (Å²) in [6, 6.07) is 7.60. The lowest BCUT2D eigenvalue weighted by atomic mass is 10.1. The molecule has 0 aliphatic carbocycles. The third kappa shape index (κ3) is 3.58. The molecule has 0 unspecified atom stereocenters. The lowest BCUT2D eigenvalue weighted by Crippen LogP contribution is -2.10. The predicted molar refractivity (Wildman–Crippen MR) is 76.6 cm³/mol. The highest BCUT2D eigenvalue weighted by Gasteiger charge is 2.33. The number of rotatable bonds is 3. The quantitative estimate of drug-likeness (QED) is 0.889. The summed E-state index contributed by atoms with van der Waals surface area (Å²) in [4.78, 5) is 0. The fourth-order valence-corrected chi connectivity index (χ4v) is 2.30. The Hall–Kier alpha value is -1.94. The molecule has 1 aromatic carbocycles. The SMILES string of the molecule is Cn1cc(CNc2ccc(Br)cc2C(F)(F)F)cc1C#N. The molecule has 1 heterocycles. The molecule has 0 radical (unpaired) electrons. The second-order valence-corrected chi connectivity index (χ2v) is 5.41. The van der Waals surface area contributed by atoms with Crippen LogP contribution in [0.1, 0.15) is 16.8 Å². The zero-order chi connectivity index (χ0) is 15.6. The standard InChI is InChI=1S/C14H11BrF3N3/c1-21-8-9(4-11(21)6-19)7-20-13-3-2-10(15)5-12(13)14(16,17)18/h2-5,8,20H,7H2,1H3. The van der Waals surface area contributed by atoms with Crippen molar-refractivity contribution in [1.82, 2.24) is 4.57 Å². The highest BCUT2D eigenvalue weighted by Crippen LogP contribution is 2.36. The van der Waals surface area contributed by atoms with Crippen molar-refractivity contribution >= 4 is 21.6 Å². The molecule has 2 aromatic rings. The van der Waals surface area contributed by atoms with Crippen LogP contribution in [0.15, 0.2) is 34.9 Å². The molecule has 0 bridgehead atoms. The Balaban J connectivity index is 2.22. The van der Waals surface area contributed by atoms with Crippen LogP contribution in [0, 0.1) is 11.3 Å². The van der Waals surface area contributed by atoms with Gasteiger partial charge < -0.3 is 9.88 Å². The van der Waals surface area contributed by atoms with Gasteiger partial charge in [-0.3, -0.25) is 0 Å². The molecule has 1 aromatic heterocycles. The largest absolute Gasteiger partial charge is 0.418 e. The Kier molecular flexibility index (Phi) is 4.28. The van der Waals surface area contributed by atoms with E-state index >= 15 is 0 Å². The van der Waals surface area contributed by atoms with Crippen molar-refractivity contribution in [3.8, 4) is 6.07 Å². The molecule has 3 nitrogen and oxygen atoms in total. The minimum atomic E-state index is -4.43. The third-order valence-electron chi connectivity index (χ3n) is 2.95. The van der Waals surface area contributed by atoms with Crippen molar-refractivity contribution < 1.29 is 13.2 Å². The van der Waals surface area contributed by atoms with Gasteiger partial charge in [0.05, 0.1) is 5.56 Å². The van der Waals surface area contributed by atoms with Crippen LogP contribution >= 0.6 is 15.9 Å². The van der Waals surface area contributed by atoms with Crippen molar-refractivity contribution in [2.24, 2.45) is 7.05 Å². The molecule has 0 fully saturated rings. The van der Waals surface area contributed by atoms with Gasteiger partial charge in [0.1, 0.15) is 11.8 Å². The molecule has 0 spiro atoms. The van der Waals surface area contributed by atoms with E-state index in [4.69, 9.17) is 5.26 Å². The smallest absolute Gasteiger partial charge is 0.380 e. The average Bonchev–Trinajstić information content (AvgIpc) is 2.76. The molecule has 7 heteroatoms. The van der Waals surface area contributed by atoms with Crippen LogP contribution < -0.4 is 5.32 Å². The Morgan fingerprint density at radius 2 is 2.05 bits per heavy atom. The molecule has 110 valence electrons. The monoisotopic (exact) mass is 357 g/mol. The Labute approximate surface area is 128 Å². The van der Waals surface area contributed by atoms with E-state index in [1.165, 1.54) is 6.07 Å². The van der Waals surface area contributed by atoms with Crippen molar-refractivity contribution in [3.05, 3.63) is 51.8 Å². The van der Waals surface area contributed by atoms with Gasteiger partial charge in [-0.25, -0.2) is 0 Å². The van der Waals surface area contributed by atoms with Gasteiger partial charge in [0.15, 0.2) is 0 Å². The molecule has 0 aliphatic rings. The Morgan fingerprint density at radius 3 is 2.62 bits per heavy atom. The molecule has 0 aliphatic heterocycles. The van der Waals surface area contributed by atoms with Gasteiger partial charge in [0.25, 0.3) is 0 Å². The maximum absolute atomic E-state index is 13.0. The van der Waals surface area contributed by atoms with Crippen molar-refractivity contribution in [3.63, 3.8) is 0 Å². The number of aryl methyl sites for hydroxylation is 1. The van der Waals surface area contributed by atoms with E-state index in [0.717, 1.165) is 11.6 Å². The Morgan fingerprint density at radius 1 is 1.33 bits per heavy atom. The van der Waals surface area contributed by atoms with Crippen LogP contribution in [-0.4, -0.2) is 4.57 Å². The van der Waals surface area contributed by atoms with E-state index in [2.05, 4.69) is 21.2 Å². The molecule has 2 rings (SSSR count). The first-order valence-corrected chi connectivity index (χ1v) is 6.76. The minimum Gasteiger partial charge on any atom is -0.380 e. The van der Waals surface area contributed by atoms with Gasteiger partial charge in [-0.05, 0) is 29.8 Å². The first-order chi connectivity index (χ1) is 9.81. The van der Waals surface area contributed by atoms with Gasteiger partial charge in [0.2, 0.25) is 0 Å². The van der Waals surface area contributed by atoms with Crippen LogP contribution in [0.3, 0.4) is 0 Å². The molecular weight excluding hydrogens is 347 g/mol. The van der Waals surface area contributed by atoms with Crippen LogP contribution in [-0.2, 0) is 19.8 Å². The summed E-state index contributed by atoms with van der Waals surface area (Å²) in [5.41, 5.74) is 0.477. The Bertz CT molecular complexity index is 698. The van der Waals surface area contributed by atoms with Crippen LogP contribution in [0.5, 0.6) is 0 Å². The topological polar surface area (TPSA) is 40.8 Å². The van der Waals surface area contributed by atoms with E-state index in [1.807, 2.05) is 6.07 Å². The van der Waals surface area contributed by atoms with Gasteiger partial charge in [-0.15, -0.1) is 0 Å². The van der Waals surface area contributed by atoms with E-state index in [9.17, 15) is 13.2 Å². The summed E-state index contributed by atoms with van der Waals surface area (Å²) in [6.07, 6.45) is -2.72. The van der Waals surface area contributed by atoms with Crippen molar-refractivity contribution in [2.75, 3.05) is 5.32 Å². The summed E-state index contributed by atoms with van der Waals surface area (Å²) in [5.74, 6) is 0. The number of nitrogens with one attached hydrogen (secondary N) is 1. The van der Waals surface area contributed by atoms with Crippen molar-refractivity contribution in [1.29, 1.82) is 5.26 Å². The summed E-state index contributed by atoms with van der Waals surface area (Å²) in [7, 11) is 1.71. The first-order valence-electron chi connectivity index (χ1n) is 5.97. The second kappa shape index (κ2) is 5.82. The number of alkyl halides is 3. The fraction of sp³-hybridized carbons (Fsp3) is 0.214. The zero-order valence-electron chi connectivity index (χ0n) is 11.0. The number of benzene rings is 1. The number of aromatic nitrogens is 1. The fourth-order valence-electron chi connectivity index (χ4n) is 1.94. The zero-order valence-corrected chi connectivity index (χ0v) is 12.6. The van der Waals surface area contributed by atoms with Gasteiger partial charge in [-0.2, -0.15) is 18.4 Å². The van der Waals surface area contributed by atoms with E-state index in [-0.39, 0.29) is 12.2 Å². The van der Waals surface area contributed by atoms with Crippen LogP contribution in [0.25, 0.3) is 0 Å². The highest BCUT2D eigenvalue weighted by atomic mass is 79.9. The molecule has 0 saturated heterocycles. The summed E-state index contributed by atoms with van der Waals surface area (Å²) in [5, 5.41) is 11.6. The number of halogens is 4. The maximum atomic E-state index is 13.0. The minimum absolute atomic E-state index is 0.00746. The average molecular weight is 358 g/mol. The van der Waals surface area contributed by atoms with Gasteiger partial charge in [-0.1, -0.05) is 15.9 Å². The number of nitriles is 1. The van der Waals surface area contributed by atoms with Crippen LogP contribution in [0.4, 0.5) is 18.9 Å². The highest BCUT2D eigenvalue weighted by molar-refractivity contribution is 9.10.